The fourth-order valence-electron chi connectivity index (χ4n) is 7.06. The van der Waals surface area contributed by atoms with Crippen LogP contribution in [-0.4, -0.2) is 76.9 Å². The van der Waals surface area contributed by atoms with Crippen molar-refractivity contribution in [2.75, 3.05) is 38.1 Å². The molecule has 2 aromatic rings. The van der Waals surface area contributed by atoms with Gasteiger partial charge in [-0.15, -0.1) is 0 Å². The van der Waals surface area contributed by atoms with E-state index in [0.717, 1.165) is 53.1 Å². The van der Waals surface area contributed by atoms with Crippen LogP contribution in [0.3, 0.4) is 0 Å². The van der Waals surface area contributed by atoms with E-state index < -0.39 is 23.8 Å². The lowest BCUT2D eigenvalue weighted by atomic mass is 9.87. The topological polar surface area (TPSA) is 97.0 Å². The van der Waals surface area contributed by atoms with Gasteiger partial charge in [-0.2, -0.15) is 13.2 Å². The molecule has 3 N–H and O–H groups in total. The molecule has 1 saturated carbocycles. The van der Waals surface area contributed by atoms with Crippen LogP contribution >= 0.6 is 0 Å². The SMILES string of the molecule is O=C(C1CC1)N1CC[C@@H](CN2C(=O)C3(CCN(C(=O)C(F)(F)F)CC3)NC2c2ccc(-c3ccc4c(c3)CNN4)cc2)C1. The lowest BCUT2D eigenvalue weighted by molar-refractivity contribution is -0.187. The van der Waals surface area contributed by atoms with Gasteiger partial charge < -0.3 is 20.1 Å². The number of benzene rings is 2. The minimum absolute atomic E-state index is 0.104. The van der Waals surface area contributed by atoms with Crippen molar-refractivity contribution in [1.82, 2.24) is 25.4 Å². The van der Waals surface area contributed by atoms with Gasteiger partial charge in [-0.25, -0.2) is 5.43 Å². The number of carbonyl (C=O) groups is 3. The number of piperidine rings is 1. The Balaban J connectivity index is 1.12. The second-order valence-corrected chi connectivity index (χ2v) is 12.6. The Labute approximate surface area is 247 Å². The predicted octanol–water partition coefficient (Wildman–Crippen LogP) is 3.40. The van der Waals surface area contributed by atoms with Crippen LogP contribution in [0.25, 0.3) is 11.1 Å². The molecule has 7 rings (SSSR count). The Bertz CT molecular complexity index is 1440. The summed E-state index contributed by atoms with van der Waals surface area (Å²) in [6.07, 6.45) is -2.50. The van der Waals surface area contributed by atoms with Crippen molar-refractivity contribution in [3.8, 4) is 11.1 Å². The van der Waals surface area contributed by atoms with Crippen molar-refractivity contribution in [1.29, 1.82) is 0 Å². The number of halogens is 3. The molecule has 0 bridgehead atoms. The number of hydrazine groups is 1. The summed E-state index contributed by atoms with van der Waals surface area (Å²) in [5.41, 5.74) is 10.4. The fourth-order valence-corrected chi connectivity index (χ4v) is 7.06. The zero-order chi connectivity index (χ0) is 29.9. The van der Waals surface area contributed by atoms with E-state index in [0.29, 0.717) is 19.6 Å². The fraction of sp³-hybridized carbons (Fsp3) is 0.516. The van der Waals surface area contributed by atoms with Crippen LogP contribution in [0.1, 0.15) is 49.4 Å². The molecule has 0 aromatic heterocycles. The molecule has 228 valence electrons. The van der Waals surface area contributed by atoms with Crippen molar-refractivity contribution in [2.24, 2.45) is 11.8 Å². The second-order valence-electron chi connectivity index (χ2n) is 12.6. The van der Waals surface area contributed by atoms with Gasteiger partial charge in [0.25, 0.3) is 0 Å². The van der Waals surface area contributed by atoms with Crippen molar-refractivity contribution in [3.63, 3.8) is 0 Å². The Morgan fingerprint density at radius 2 is 1.65 bits per heavy atom. The van der Waals surface area contributed by atoms with E-state index in [9.17, 15) is 27.6 Å². The number of anilines is 1. The molecule has 1 aliphatic carbocycles. The molecule has 4 aliphatic heterocycles. The normalized spacial score (nSPS) is 24.9. The van der Waals surface area contributed by atoms with E-state index in [1.807, 2.05) is 40.1 Å². The maximum atomic E-state index is 14.1. The van der Waals surface area contributed by atoms with Gasteiger partial charge >= 0.3 is 12.1 Å². The first-order chi connectivity index (χ1) is 20.6. The number of amides is 3. The number of hydrogen-bond donors (Lipinski definition) is 3. The Kier molecular flexibility index (Phi) is 6.88. The van der Waals surface area contributed by atoms with E-state index in [4.69, 9.17) is 0 Å². The molecule has 5 aliphatic rings. The van der Waals surface area contributed by atoms with Gasteiger partial charge in [0.2, 0.25) is 11.8 Å². The molecule has 0 radical (unpaired) electrons. The highest BCUT2D eigenvalue weighted by molar-refractivity contribution is 5.90. The number of alkyl halides is 3. The van der Waals surface area contributed by atoms with Crippen LogP contribution in [0.5, 0.6) is 0 Å². The molecule has 43 heavy (non-hydrogen) atoms. The number of rotatable bonds is 5. The summed E-state index contributed by atoms with van der Waals surface area (Å²) in [6, 6.07) is 14.3. The third-order valence-electron chi connectivity index (χ3n) is 9.69. The summed E-state index contributed by atoms with van der Waals surface area (Å²) in [5.74, 6) is -1.54. The summed E-state index contributed by atoms with van der Waals surface area (Å²) in [5, 5.41) is 3.51. The van der Waals surface area contributed by atoms with E-state index >= 15 is 0 Å². The lowest BCUT2D eigenvalue weighted by Gasteiger charge is -2.38. The number of fused-ring (bicyclic) bond motifs is 1. The third kappa shape index (κ3) is 5.24. The van der Waals surface area contributed by atoms with Crippen molar-refractivity contribution in [2.45, 2.75) is 56.5 Å². The quantitative estimate of drug-likeness (QED) is 0.490. The van der Waals surface area contributed by atoms with Crippen LogP contribution < -0.4 is 16.2 Å². The monoisotopic (exact) mass is 596 g/mol. The summed E-state index contributed by atoms with van der Waals surface area (Å²) < 4.78 is 39.3. The number of nitrogens with one attached hydrogen (secondary N) is 3. The first kappa shape index (κ1) is 28.1. The number of likely N-dealkylation sites (tertiary alicyclic amines) is 2. The van der Waals surface area contributed by atoms with Crippen LogP contribution in [0.4, 0.5) is 18.9 Å². The maximum absolute atomic E-state index is 14.1. The van der Waals surface area contributed by atoms with Gasteiger partial charge in [0.15, 0.2) is 0 Å². The number of hydrogen-bond acceptors (Lipinski definition) is 6. The Morgan fingerprint density at radius 1 is 0.930 bits per heavy atom. The molecule has 1 spiro atoms. The predicted molar refractivity (Wildman–Crippen MR) is 152 cm³/mol. The summed E-state index contributed by atoms with van der Waals surface area (Å²) in [7, 11) is 0. The molecule has 4 heterocycles. The Hall–Kier alpha value is -3.64. The van der Waals surface area contributed by atoms with Gasteiger partial charge in [0.05, 0.1) is 5.69 Å². The molecular weight excluding hydrogens is 561 g/mol. The average Bonchev–Trinajstić information content (AvgIpc) is 3.46. The van der Waals surface area contributed by atoms with Crippen molar-refractivity contribution in [3.05, 3.63) is 53.6 Å². The van der Waals surface area contributed by atoms with E-state index in [2.05, 4.69) is 28.3 Å². The molecule has 4 fully saturated rings. The maximum Gasteiger partial charge on any atom is 0.471 e. The van der Waals surface area contributed by atoms with Crippen molar-refractivity contribution >= 4 is 23.4 Å². The van der Waals surface area contributed by atoms with E-state index in [1.54, 1.807) is 0 Å². The minimum atomic E-state index is -4.94. The standard InChI is InChI=1S/C31H35F3N6O3/c32-31(33,34)29(43)38-13-10-30(11-14-38)28(42)40(18-19-9-12-39(17-19)27(41)22-5-6-22)26(36-30)21-3-1-20(2-4-21)23-7-8-25-24(15-23)16-35-37-25/h1-4,7-8,15,19,22,26,35-37H,5-6,9-14,16-18H2/t19-,26?/m1/s1. The molecule has 2 aromatic carbocycles. The minimum Gasteiger partial charge on any atom is -0.342 e. The third-order valence-corrected chi connectivity index (χ3v) is 9.69. The van der Waals surface area contributed by atoms with Gasteiger partial charge in [0.1, 0.15) is 11.7 Å². The lowest BCUT2D eigenvalue weighted by Crippen LogP contribution is -2.57. The summed E-state index contributed by atoms with van der Waals surface area (Å²) >= 11 is 0. The molecule has 3 saturated heterocycles. The first-order valence-corrected chi connectivity index (χ1v) is 15.1. The van der Waals surface area contributed by atoms with Gasteiger partial charge in [-0.05, 0) is 72.4 Å². The molecule has 12 heteroatoms. The van der Waals surface area contributed by atoms with Crippen LogP contribution in [0, 0.1) is 11.8 Å². The zero-order valence-electron chi connectivity index (χ0n) is 23.8. The van der Waals surface area contributed by atoms with E-state index in [1.165, 1.54) is 5.56 Å². The van der Waals surface area contributed by atoms with Crippen LogP contribution in [0.2, 0.25) is 0 Å². The van der Waals surface area contributed by atoms with Crippen molar-refractivity contribution < 1.29 is 27.6 Å². The van der Waals surface area contributed by atoms with Gasteiger partial charge in [0, 0.05) is 45.2 Å². The molecule has 3 amide bonds. The molecular formula is C31H35F3N6O3. The largest absolute Gasteiger partial charge is 0.471 e. The molecule has 9 nitrogen and oxygen atoms in total. The van der Waals surface area contributed by atoms with Gasteiger partial charge in [-0.1, -0.05) is 30.3 Å². The van der Waals surface area contributed by atoms with Crippen LogP contribution in [0.15, 0.2) is 42.5 Å². The molecule has 2 atom stereocenters. The molecule has 1 unspecified atom stereocenters. The first-order valence-electron chi connectivity index (χ1n) is 15.1. The summed E-state index contributed by atoms with van der Waals surface area (Å²) in [6.45, 7) is 2.18. The average molecular weight is 597 g/mol. The number of carbonyl (C=O) groups excluding carboxylic acids is 3. The second kappa shape index (κ2) is 10.5. The van der Waals surface area contributed by atoms with Crippen LogP contribution in [-0.2, 0) is 20.9 Å². The highest BCUT2D eigenvalue weighted by Crippen LogP contribution is 2.40. The van der Waals surface area contributed by atoms with E-state index in [-0.39, 0.29) is 49.6 Å². The zero-order valence-corrected chi connectivity index (χ0v) is 23.8. The highest BCUT2D eigenvalue weighted by atomic mass is 19.4. The summed E-state index contributed by atoms with van der Waals surface area (Å²) in [4.78, 5) is 43.2. The smallest absolute Gasteiger partial charge is 0.342 e. The number of nitrogens with zero attached hydrogens (tertiary/aromatic N) is 3. The van der Waals surface area contributed by atoms with Gasteiger partial charge in [-0.3, -0.25) is 19.7 Å². The highest BCUT2D eigenvalue weighted by Gasteiger charge is 2.55. The Morgan fingerprint density at radius 3 is 2.35 bits per heavy atom.